The molecule has 0 aromatic carbocycles. The topological polar surface area (TPSA) is 52.0 Å². The molecule has 0 radical (unpaired) electrons. The average molecular weight is 154 g/mol. The molecule has 0 bridgehead atoms. The molecule has 0 aliphatic carbocycles. The number of rotatable bonds is 2. The smallest absolute Gasteiger partial charge is 0.165 e. The number of nitrogens with two attached hydrogens (primary N) is 1. The van der Waals surface area contributed by atoms with Crippen molar-refractivity contribution in [2.75, 3.05) is 5.73 Å². The van der Waals surface area contributed by atoms with E-state index in [0.717, 1.165) is 12.2 Å². The van der Waals surface area contributed by atoms with E-state index in [2.05, 4.69) is 25.9 Å². The first kappa shape index (κ1) is 8.11. The summed E-state index contributed by atoms with van der Waals surface area (Å²) >= 11 is 0. The average Bonchev–Trinajstić information content (AvgIpc) is 2.36. The summed E-state index contributed by atoms with van der Waals surface area (Å²) in [5, 5.41) is 3.64. The maximum atomic E-state index is 5.65. The summed E-state index contributed by atoms with van der Waals surface area (Å²) in [4.78, 5) is 0. The van der Waals surface area contributed by atoms with Gasteiger partial charge < -0.3 is 10.3 Å². The lowest BCUT2D eigenvalue weighted by Gasteiger charge is -2.18. The highest BCUT2D eigenvalue weighted by molar-refractivity contribution is 5.41. The van der Waals surface area contributed by atoms with Crippen molar-refractivity contribution in [1.29, 1.82) is 0 Å². The fourth-order valence-corrected chi connectivity index (χ4v) is 0.922. The number of nitrogen functional groups attached to an aromatic ring is 1. The Morgan fingerprint density at radius 2 is 2.27 bits per heavy atom. The van der Waals surface area contributed by atoms with Crippen LogP contribution in [0, 0.1) is 0 Å². The van der Waals surface area contributed by atoms with Gasteiger partial charge in [-0.1, -0.05) is 25.9 Å². The zero-order valence-electron chi connectivity index (χ0n) is 7.22. The Kier molecular flexibility index (Phi) is 1.89. The molecule has 62 valence electrons. The van der Waals surface area contributed by atoms with Crippen LogP contribution in [0.4, 0.5) is 5.69 Å². The van der Waals surface area contributed by atoms with E-state index in [9.17, 15) is 0 Å². The van der Waals surface area contributed by atoms with Crippen molar-refractivity contribution < 1.29 is 4.52 Å². The van der Waals surface area contributed by atoms with Crippen LogP contribution >= 0.6 is 0 Å². The Balaban J connectivity index is 3.00. The summed E-state index contributed by atoms with van der Waals surface area (Å²) in [6.45, 7) is 6.27. The van der Waals surface area contributed by atoms with Crippen LogP contribution in [0.1, 0.15) is 33.0 Å². The van der Waals surface area contributed by atoms with Gasteiger partial charge in [0.25, 0.3) is 0 Å². The van der Waals surface area contributed by atoms with Gasteiger partial charge in [0.2, 0.25) is 0 Å². The van der Waals surface area contributed by atoms with E-state index >= 15 is 0 Å². The Hall–Kier alpha value is -0.990. The van der Waals surface area contributed by atoms with Crippen molar-refractivity contribution in [2.24, 2.45) is 0 Å². The SMILES string of the molecule is CCC(C)(C)c1oncc1N. The van der Waals surface area contributed by atoms with E-state index < -0.39 is 0 Å². The molecule has 11 heavy (non-hydrogen) atoms. The van der Waals surface area contributed by atoms with Gasteiger partial charge in [0.05, 0.1) is 11.9 Å². The molecular weight excluding hydrogens is 140 g/mol. The highest BCUT2D eigenvalue weighted by Gasteiger charge is 2.25. The maximum Gasteiger partial charge on any atom is 0.165 e. The molecule has 3 nitrogen and oxygen atoms in total. The van der Waals surface area contributed by atoms with Crippen LogP contribution in [-0.4, -0.2) is 5.16 Å². The van der Waals surface area contributed by atoms with E-state index in [-0.39, 0.29) is 5.41 Å². The van der Waals surface area contributed by atoms with Gasteiger partial charge >= 0.3 is 0 Å². The number of hydrogen-bond donors (Lipinski definition) is 1. The molecule has 1 aromatic heterocycles. The molecule has 0 atom stereocenters. The van der Waals surface area contributed by atoms with Crippen LogP contribution in [0.15, 0.2) is 10.7 Å². The summed E-state index contributed by atoms with van der Waals surface area (Å²) in [5.41, 5.74) is 6.30. The fraction of sp³-hybridized carbons (Fsp3) is 0.625. The second-order valence-electron chi connectivity index (χ2n) is 3.35. The Morgan fingerprint density at radius 3 is 2.64 bits per heavy atom. The van der Waals surface area contributed by atoms with Crippen molar-refractivity contribution in [3.63, 3.8) is 0 Å². The molecule has 1 heterocycles. The van der Waals surface area contributed by atoms with Crippen molar-refractivity contribution in [1.82, 2.24) is 5.16 Å². The Labute approximate surface area is 66.6 Å². The first-order chi connectivity index (χ1) is 5.08. The summed E-state index contributed by atoms with van der Waals surface area (Å²) < 4.78 is 5.04. The molecule has 0 aliphatic heterocycles. The number of hydrogen-bond acceptors (Lipinski definition) is 3. The van der Waals surface area contributed by atoms with Crippen LogP contribution in [-0.2, 0) is 5.41 Å². The predicted octanol–water partition coefficient (Wildman–Crippen LogP) is 1.94. The van der Waals surface area contributed by atoms with Gasteiger partial charge in [-0.15, -0.1) is 0 Å². The zero-order valence-corrected chi connectivity index (χ0v) is 7.22. The minimum atomic E-state index is 0.000579. The van der Waals surface area contributed by atoms with E-state index in [4.69, 9.17) is 10.3 Å². The molecule has 2 N–H and O–H groups in total. The number of aromatic nitrogens is 1. The van der Waals surface area contributed by atoms with Crippen molar-refractivity contribution in [2.45, 2.75) is 32.6 Å². The minimum absolute atomic E-state index is 0.000579. The first-order valence-corrected chi connectivity index (χ1v) is 3.78. The maximum absolute atomic E-state index is 5.65. The van der Waals surface area contributed by atoms with E-state index in [1.165, 1.54) is 0 Å². The molecule has 0 aliphatic rings. The van der Waals surface area contributed by atoms with Gasteiger partial charge in [0.1, 0.15) is 0 Å². The third-order valence-corrected chi connectivity index (χ3v) is 2.10. The summed E-state index contributed by atoms with van der Waals surface area (Å²) in [6, 6.07) is 0. The normalized spacial score (nSPS) is 11.9. The first-order valence-electron chi connectivity index (χ1n) is 3.78. The fourth-order valence-electron chi connectivity index (χ4n) is 0.922. The van der Waals surface area contributed by atoms with E-state index in [1.54, 1.807) is 6.20 Å². The highest BCUT2D eigenvalue weighted by atomic mass is 16.5. The molecule has 1 rings (SSSR count). The van der Waals surface area contributed by atoms with Crippen molar-refractivity contribution in [3.8, 4) is 0 Å². The third-order valence-electron chi connectivity index (χ3n) is 2.10. The molecule has 0 saturated carbocycles. The Morgan fingerprint density at radius 1 is 1.64 bits per heavy atom. The standard InChI is InChI=1S/C8H14N2O/c1-4-8(2,3)7-6(9)5-10-11-7/h5H,4,9H2,1-3H3. The monoisotopic (exact) mass is 154 g/mol. The van der Waals surface area contributed by atoms with Crippen molar-refractivity contribution >= 4 is 5.69 Å². The molecular formula is C8H14N2O. The van der Waals surface area contributed by atoms with Crippen LogP contribution in [0.5, 0.6) is 0 Å². The second kappa shape index (κ2) is 2.57. The van der Waals surface area contributed by atoms with Gasteiger partial charge in [-0.2, -0.15) is 0 Å². The van der Waals surface area contributed by atoms with E-state index in [1.807, 2.05) is 0 Å². The molecule has 1 aromatic rings. The molecule has 3 heteroatoms. The lowest BCUT2D eigenvalue weighted by molar-refractivity contribution is 0.312. The Bertz CT molecular complexity index is 240. The summed E-state index contributed by atoms with van der Waals surface area (Å²) in [6.07, 6.45) is 2.54. The molecule has 0 spiro atoms. The van der Waals surface area contributed by atoms with Crippen LogP contribution in [0.3, 0.4) is 0 Å². The molecule has 0 unspecified atom stereocenters. The lowest BCUT2D eigenvalue weighted by atomic mass is 9.87. The molecule has 0 saturated heterocycles. The zero-order chi connectivity index (χ0) is 8.48. The van der Waals surface area contributed by atoms with Crippen LogP contribution in [0.2, 0.25) is 0 Å². The lowest BCUT2D eigenvalue weighted by Crippen LogP contribution is -2.15. The molecule has 0 fully saturated rings. The predicted molar refractivity (Wildman–Crippen MR) is 44.2 cm³/mol. The van der Waals surface area contributed by atoms with Crippen LogP contribution < -0.4 is 5.73 Å². The van der Waals surface area contributed by atoms with E-state index in [0.29, 0.717) is 5.69 Å². The third kappa shape index (κ3) is 1.37. The van der Waals surface area contributed by atoms with Crippen molar-refractivity contribution in [3.05, 3.63) is 12.0 Å². The highest BCUT2D eigenvalue weighted by Crippen LogP contribution is 2.30. The second-order valence-corrected chi connectivity index (χ2v) is 3.35. The van der Waals surface area contributed by atoms with Gasteiger partial charge in [-0.05, 0) is 6.42 Å². The summed E-state index contributed by atoms with van der Waals surface area (Å²) in [7, 11) is 0. The largest absolute Gasteiger partial charge is 0.395 e. The van der Waals surface area contributed by atoms with Gasteiger partial charge in [-0.3, -0.25) is 0 Å². The quantitative estimate of drug-likeness (QED) is 0.708. The molecule has 0 amide bonds. The van der Waals surface area contributed by atoms with Crippen LogP contribution in [0.25, 0.3) is 0 Å². The van der Waals surface area contributed by atoms with Gasteiger partial charge in [-0.25, -0.2) is 0 Å². The number of nitrogens with zero attached hydrogens (tertiary/aromatic N) is 1. The summed E-state index contributed by atoms with van der Waals surface area (Å²) in [5.74, 6) is 0.792. The van der Waals surface area contributed by atoms with Gasteiger partial charge in [0.15, 0.2) is 5.76 Å². The van der Waals surface area contributed by atoms with Gasteiger partial charge in [0, 0.05) is 5.41 Å². The minimum Gasteiger partial charge on any atom is -0.395 e. The number of anilines is 1.